The summed E-state index contributed by atoms with van der Waals surface area (Å²) in [4.78, 5) is 12.9. The summed E-state index contributed by atoms with van der Waals surface area (Å²) in [6.07, 6.45) is 0.962. The van der Waals surface area contributed by atoms with Crippen molar-refractivity contribution in [1.29, 1.82) is 0 Å². The number of hydrogen-bond donors (Lipinski definition) is 0. The number of aromatic nitrogens is 1. The summed E-state index contributed by atoms with van der Waals surface area (Å²) in [7, 11) is 1.71. The first-order valence-electron chi connectivity index (χ1n) is 20.5. The van der Waals surface area contributed by atoms with Gasteiger partial charge in [-0.05, 0) is 115 Å². The maximum absolute atomic E-state index is 12.9. The number of para-hydroxylation sites is 2. The Bertz CT molecular complexity index is 3340. The summed E-state index contributed by atoms with van der Waals surface area (Å²) < 4.78 is 8.48. The molecule has 0 atom stereocenters. The molecule has 60 heavy (non-hydrogen) atoms. The van der Waals surface area contributed by atoms with Gasteiger partial charge in [-0.2, -0.15) is 0 Å². The molecule has 0 saturated heterocycles. The van der Waals surface area contributed by atoms with E-state index < -0.39 is 5.41 Å². The first-order chi connectivity index (χ1) is 29.7. The van der Waals surface area contributed by atoms with Crippen molar-refractivity contribution >= 4 is 28.1 Å². The third-order valence-corrected chi connectivity index (χ3v) is 13.0. The Kier molecular flexibility index (Phi) is 7.51. The van der Waals surface area contributed by atoms with Crippen molar-refractivity contribution in [3.05, 3.63) is 228 Å². The summed E-state index contributed by atoms with van der Waals surface area (Å²) in [6, 6.07) is 71.7. The number of aldehydes is 1. The number of ether oxygens (including phenoxy) is 1. The first kappa shape index (κ1) is 34.3. The van der Waals surface area contributed by atoms with Crippen LogP contribution in [0.15, 0.2) is 200 Å². The van der Waals surface area contributed by atoms with Crippen LogP contribution < -0.4 is 4.74 Å². The number of benzene rings is 9. The first-order valence-corrected chi connectivity index (χ1v) is 20.5. The van der Waals surface area contributed by atoms with Gasteiger partial charge in [-0.1, -0.05) is 158 Å². The largest absolute Gasteiger partial charge is 0.496 e. The van der Waals surface area contributed by atoms with E-state index in [4.69, 9.17) is 4.74 Å². The average molecular weight is 768 g/mol. The molecule has 0 unspecified atom stereocenters. The quantitative estimate of drug-likeness (QED) is 0.158. The standard InChI is InChI=1S/C57H37NO2/c1-60-55-34-38(42-20-13-24-52-56(42)47-19-7-11-23-51(47)57(52)49-21-9-5-16-43(49)44-17-6-10-22-50(44)57)27-30-46(55)41-29-26-36(32-39(41)35-59)37-28-31-54-48(33-37)45-18-8-12-25-53(45)58(54)40-14-3-2-4-15-40/h2-35H,1H3. The lowest BCUT2D eigenvalue weighted by molar-refractivity contribution is 0.112. The molecule has 1 spiro atoms. The summed E-state index contributed by atoms with van der Waals surface area (Å²) in [5.41, 5.74) is 19.9. The molecule has 0 radical (unpaired) electrons. The molecule has 2 aliphatic rings. The molecule has 3 heteroatoms. The van der Waals surface area contributed by atoms with E-state index in [-0.39, 0.29) is 0 Å². The minimum absolute atomic E-state index is 0.413. The molecule has 2 aliphatic carbocycles. The molecule has 10 aromatic rings. The summed E-state index contributed by atoms with van der Waals surface area (Å²) in [5.74, 6) is 0.716. The van der Waals surface area contributed by atoms with Crippen molar-refractivity contribution in [3.8, 4) is 67.1 Å². The molecular formula is C57H37NO2. The second-order valence-electron chi connectivity index (χ2n) is 15.9. The van der Waals surface area contributed by atoms with E-state index in [0.717, 1.165) is 56.4 Å². The second-order valence-corrected chi connectivity index (χ2v) is 15.9. The molecule has 0 N–H and O–H groups in total. The van der Waals surface area contributed by atoms with E-state index in [2.05, 4.69) is 193 Å². The van der Waals surface area contributed by atoms with Gasteiger partial charge in [0, 0.05) is 27.6 Å². The van der Waals surface area contributed by atoms with Crippen molar-refractivity contribution in [1.82, 2.24) is 4.57 Å². The number of carbonyl (C=O) groups is 1. The van der Waals surface area contributed by atoms with Gasteiger partial charge in [0.1, 0.15) is 5.75 Å². The van der Waals surface area contributed by atoms with Crippen molar-refractivity contribution in [2.24, 2.45) is 0 Å². The summed E-state index contributed by atoms with van der Waals surface area (Å²) in [6.45, 7) is 0. The number of carbonyl (C=O) groups excluding carboxylic acids is 1. The number of rotatable bonds is 6. The predicted molar refractivity (Wildman–Crippen MR) is 245 cm³/mol. The number of nitrogens with zero attached hydrogens (tertiary/aromatic N) is 1. The Labute approximate surface area is 348 Å². The van der Waals surface area contributed by atoms with Gasteiger partial charge < -0.3 is 9.30 Å². The van der Waals surface area contributed by atoms with E-state index in [0.29, 0.717) is 11.3 Å². The van der Waals surface area contributed by atoms with E-state index >= 15 is 0 Å². The van der Waals surface area contributed by atoms with Gasteiger partial charge in [-0.25, -0.2) is 0 Å². The smallest absolute Gasteiger partial charge is 0.150 e. The Morgan fingerprint density at radius 1 is 0.433 bits per heavy atom. The minimum atomic E-state index is -0.413. The zero-order valence-electron chi connectivity index (χ0n) is 32.9. The van der Waals surface area contributed by atoms with Crippen LogP contribution >= 0.6 is 0 Å². The zero-order valence-corrected chi connectivity index (χ0v) is 32.9. The highest BCUT2D eigenvalue weighted by Gasteiger charge is 2.51. The molecule has 0 aliphatic heterocycles. The molecule has 12 rings (SSSR count). The van der Waals surface area contributed by atoms with Crippen molar-refractivity contribution in [2.45, 2.75) is 5.41 Å². The number of methoxy groups -OCH3 is 1. The second kappa shape index (κ2) is 13.1. The third kappa shape index (κ3) is 4.69. The van der Waals surface area contributed by atoms with Crippen LogP contribution in [0.25, 0.3) is 83.1 Å². The van der Waals surface area contributed by atoms with Crippen LogP contribution in [-0.4, -0.2) is 18.0 Å². The predicted octanol–water partition coefficient (Wildman–Crippen LogP) is 13.9. The van der Waals surface area contributed by atoms with E-state index in [1.54, 1.807) is 7.11 Å². The molecule has 1 heterocycles. The van der Waals surface area contributed by atoms with Gasteiger partial charge in [0.25, 0.3) is 0 Å². The monoisotopic (exact) mass is 767 g/mol. The van der Waals surface area contributed by atoms with Crippen LogP contribution in [0.2, 0.25) is 0 Å². The van der Waals surface area contributed by atoms with Gasteiger partial charge in [0.05, 0.1) is 23.6 Å². The molecule has 0 saturated carbocycles. The highest BCUT2D eigenvalue weighted by molar-refractivity contribution is 6.10. The van der Waals surface area contributed by atoms with Crippen LogP contribution in [0.1, 0.15) is 32.6 Å². The van der Waals surface area contributed by atoms with E-state index in [9.17, 15) is 4.79 Å². The van der Waals surface area contributed by atoms with Crippen molar-refractivity contribution in [3.63, 3.8) is 0 Å². The Morgan fingerprint density at radius 3 is 1.75 bits per heavy atom. The minimum Gasteiger partial charge on any atom is -0.496 e. The highest BCUT2D eigenvalue weighted by Crippen LogP contribution is 2.64. The molecule has 282 valence electrons. The molecule has 9 aromatic carbocycles. The zero-order chi connectivity index (χ0) is 40.0. The normalized spacial score (nSPS) is 12.9. The van der Waals surface area contributed by atoms with Crippen molar-refractivity contribution < 1.29 is 9.53 Å². The Balaban J connectivity index is 0.966. The van der Waals surface area contributed by atoms with E-state index in [1.165, 1.54) is 55.3 Å². The molecular weight excluding hydrogens is 731 g/mol. The Hall–Kier alpha value is -7.75. The van der Waals surface area contributed by atoms with Gasteiger partial charge in [0.15, 0.2) is 6.29 Å². The van der Waals surface area contributed by atoms with Crippen LogP contribution in [0.3, 0.4) is 0 Å². The number of fused-ring (bicyclic) bond motifs is 13. The van der Waals surface area contributed by atoms with Crippen LogP contribution in [-0.2, 0) is 5.41 Å². The van der Waals surface area contributed by atoms with E-state index in [1.807, 2.05) is 12.1 Å². The lowest BCUT2D eigenvalue weighted by Crippen LogP contribution is -2.25. The fraction of sp³-hybridized carbons (Fsp3) is 0.0351. The SMILES string of the molecule is COc1cc(-c2cccc3c2-c2ccccc2C32c3ccccc3-c3ccccc32)ccc1-c1ccc(-c2ccc3c(c2)c2ccccc2n3-c2ccccc2)cc1C=O. The van der Waals surface area contributed by atoms with Crippen LogP contribution in [0.4, 0.5) is 0 Å². The molecule has 1 aromatic heterocycles. The maximum Gasteiger partial charge on any atom is 0.150 e. The number of hydrogen-bond acceptors (Lipinski definition) is 2. The topological polar surface area (TPSA) is 31.2 Å². The summed E-state index contributed by atoms with van der Waals surface area (Å²) in [5, 5.41) is 2.36. The fourth-order valence-electron chi connectivity index (χ4n) is 10.6. The van der Waals surface area contributed by atoms with Crippen LogP contribution in [0, 0.1) is 0 Å². The van der Waals surface area contributed by atoms with Gasteiger partial charge in [-0.3, -0.25) is 4.79 Å². The molecule has 0 fully saturated rings. The van der Waals surface area contributed by atoms with Gasteiger partial charge in [0.2, 0.25) is 0 Å². The Morgan fingerprint density at radius 2 is 1.00 bits per heavy atom. The van der Waals surface area contributed by atoms with Gasteiger partial charge in [-0.15, -0.1) is 0 Å². The fourth-order valence-corrected chi connectivity index (χ4v) is 10.6. The maximum atomic E-state index is 12.9. The average Bonchev–Trinajstić information content (AvgIpc) is 3.93. The lowest BCUT2D eigenvalue weighted by Gasteiger charge is -2.30. The summed E-state index contributed by atoms with van der Waals surface area (Å²) >= 11 is 0. The third-order valence-electron chi connectivity index (χ3n) is 13.0. The molecule has 3 nitrogen and oxygen atoms in total. The lowest BCUT2D eigenvalue weighted by atomic mass is 9.70. The highest BCUT2D eigenvalue weighted by atomic mass is 16.5. The van der Waals surface area contributed by atoms with Gasteiger partial charge >= 0.3 is 0 Å². The van der Waals surface area contributed by atoms with Crippen LogP contribution in [0.5, 0.6) is 5.75 Å². The molecule has 0 amide bonds. The van der Waals surface area contributed by atoms with Crippen molar-refractivity contribution in [2.75, 3.05) is 7.11 Å². The molecule has 0 bridgehead atoms.